The minimum absolute atomic E-state index is 0.0744. The van der Waals surface area contributed by atoms with E-state index in [0.717, 1.165) is 17.0 Å². The number of hydrogen-bond acceptors (Lipinski definition) is 2. The van der Waals surface area contributed by atoms with Gasteiger partial charge in [0.2, 0.25) is 0 Å². The third-order valence-corrected chi connectivity index (χ3v) is 4.49. The molecule has 0 saturated carbocycles. The van der Waals surface area contributed by atoms with Gasteiger partial charge in [0.15, 0.2) is 0 Å². The molecule has 0 aromatic heterocycles. The zero-order chi connectivity index (χ0) is 17.3. The van der Waals surface area contributed by atoms with Crippen LogP contribution in [0.5, 0.6) is 0 Å². The van der Waals surface area contributed by atoms with Crippen LogP contribution < -0.4 is 10.4 Å². The fourth-order valence-electron chi connectivity index (χ4n) is 2.38. The molecule has 6 heteroatoms. The van der Waals surface area contributed by atoms with Crippen molar-refractivity contribution < 1.29 is 9.59 Å². The van der Waals surface area contributed by atoms with Gasteiger partial charge in [0.1, 0.15) is 5.57 Å². The Balaban J connectivity index is 1.90. The summed E-state index contributed by atoms with van der Waals surface area (Å²) >= 11 is 11.9. The number of halogens is 2. The predicted molar refractivity (Wildman–Crippen MR) is 95.9 cm³/mol. The second kappa shape index (κ2) is 6.67. The second-order valence-corrected chi connectivity index (χ2v) is 6.15. The van der Waals surface area contributed by atoms with Gasteiger partial charge in [0.25, 0.3) is 11.8 Å². The van der Waals surface area contributed by atoms with E-state index >= 15 is 0 Å². The number of hydrazine groups is 1. The first-order valence-electron chi connectivity index (χ1n) is 7.40. The average molecular weight is 361 g/mol. The molecule has 1 aliphatic rings. The zero-order valence-corrected chi connectivity index (χ0v) is 14.4. The first-order chi connectivity index (χ1) is 11.5. The highest BCUT2D eigenvalue weighted by Gasteiger charge is 2.34. The molecular formula is C18H14Cl2N2O2. The van der Waals surface area contributed by atoms with Gasteiger partial charge in [-0.15, -0.1) is 0 Å². The summed E-state index contributed by atoms with van der Waals surface area (Å²) in [4.78, 5) is 24.7. The predicted octanol–water partition coefficient (Wildman–Crippen LogP) is 4.02. The Bertz CT molecular complexity index is 845. The lowest BCUT2D eigenvalue weighted by Gasteiger charge is -2.15. The number of rotatable bonds is 3. The van der Waals surface area contributed by atoms with E-state index in [1.165, 1.54) is 11.6 Å². The molecule has 2 aromatic rings. The van der Waals surface area contributed by atoms with Crippen molar-refractivity contribution in [1.82, 2.24) is 5.43 Å². The van der Waals surface area contributed by atoms with Gasteiger partial charge in [-0.2, -0.15) is 0 Å². The highest BCUT2D eigenvalue weighted by atomic mass is 35.5. The van der Waals surface area contributed by atoms with Crippen molar-refractivity contribution in [2.75, 3.05) is 5.01 Å². The lowest BCUT2D eigenvalue weighted by atomic mass is 10.1. The average Bonchev–Trinajstić information content (AvgIpc) is 2.86. The van der Waals surface area contributed by atoms with Crippen LogP contribution in [0.2, 0.25) is 10.0 Å². The molecule has 0 bridgehead atoms. The molecule has 0 radical (unpaired) electrons. The third-order valence-electron chi connectivity index (χ3n) is 3.75. The molecule has 2 aromatic carbocycles. The molecule has 1 N–H and O–H groups in total. The maximum Gasteiger partial charge on any atom is 0.282 e. The summed E-state index contributed by atoms with van der Waals surface area (Å²) in [6, 6.07) is 12.4. The molecule has 0 spiro atoms. The van der Waals surface area contributed by atoms with Crippen LogP contribution >= 0.6 is 23.2 Å². The molecule has 122 valence electrons. The normalized spacial score (nSPS) is 16.0. The number of anilines is 1. The Morgan fingerprint density at radius 3 is 2.38 bits per heavy atom. The highest BCUT2D eigenvalue weighted by molar-refractivity contribution is 6.42. The zero-order valence-electron chi connectivity index (χ0n) is 12.8. The van der Waals surface area contributed by atoms with E-state index in [9.17, 15) is 9.59 Å². The lowest BCUT2D eigenvalue weighted by Crippen LogP contribution is -2.35. The van der Waals surface area contributed by atoms with E-state index in [1.54, 1.807) is 18.2 Å². The van der Waals surface area contributed by atoms with Gasteiger partial charge in [-0.3, -0.25) is 15.0 Å². The second-order valence-electron chi connectivity index (χ2n) is 5.33. The van der Waals surface area contributed by atoms with Crippen LogP contribution in [0.25, 0.3) is 6.08 Å². The molecule has 1 aliphatic heterocycles. The van der Waals surface area contributed by atoms with Gasteiger partial charge in [-0.05, 0) is 41.8 Å². The lowest BCUT2D eigenvalue weighted by molar-refractivity contribution is -0.117. The van der Waals surface area contributed by atoms with E-state index in [4.69, 9.17) is 23.2 Å². The van der Waals surface area contributed by atoms with E-state index in [1.807, 2.05) is 24.3 Å². The van der Waals surface area contributed by atoms with Gasteiger partial charge in [-0.1, -0.05) is 54.4 Å². The Kier molecular flexibility index (Phi) is 4.60. The van der Waals surface area contributed by atoms with E-state index in [2.05, 4.69) is 12.3 Å². The molecule has 4 nitrogen and oxygen atoms in total. The monoisotopic (exact) mass is 360 g/mol. The summed E-state index contributed by atoms with van der Waals surface area (Å²) in [5, 5.41) is 1.85. The van der Waals surface area contributed by atoms with Crippen molar-refractivity contribution >= 4 is 46.8 Å². The van der Waals surface area contributed by atoms with E-state index in [-0.39, 0.29) is 5.57 Å². The number of aryl methyl sites for hydroxylation is 1. The maximum absolute atomic E-state index is 12.5. The van der Waals surface area contributed by atoms with Crippen molar-refractivity contribution in [3.8, 4) is 0 Å². The van der Waals surface area contributed by atoms with Crippen molar-refractivity contribution in [3.05, 3.63) is 69.2 Å². The maximum atomic E-state index is 12.5. The summed E-state index contributed by atoms with van der Waals surface area (Å²) in [7, 11) is 0. The molecule has 0 unspecified atom stereocenters. The van der Waals surface area contributed by atoms with Crippen LogP contribution in [0.4, 0.5) is 5.69 Å². The fourth-order valence-corrected chi connectivity index (χ4v) is 2.67. The summed E-state index contributed by atoms with van der Waals surface area (Å²) in [6.45, 7) is 2.07. The SMILES string of the molecule is CCc1ccc(/C=C2\C(=O)NN(c3ccc(Cl)c(Cl)c3)C2=O)cc1. The number of carbonyl (C=O) groups excluding carboxylic acids is 2. The molecule has 1 saturated heterocycles. The minimum atomic E-state index is -0.453. The number of carbonyl (C=O) groups is 2. The molecule has 3 rings (SSSR count). The fraction of sp³-hybridized carbons (Fsp3) is 0.111. The topological polar surface area (TPSA) is 49.4 Å². The van der Waals surface area contributed by atoms with Crippen molar-refractivity contribution in [1.29, 1.82) is 0 Å². The first kappa shape index (κ1) is 16.6. The van der Waals surface area contributed by atoms with Gasteiger partial charge in [-0.25, -0.2) is 5.01 Å². The molecule has 24 heavy (non-hydrogen) atoms. The van der Waals surface area contributed by atoms with Gasteiger partial charge in [0.05, 0.1) is 15.7 Å². The molecule has 1 fully saturated rings. The smallest absolute Gasteiger partial charge is 0.267 e. The molecular weight excluding hydrogens is 347 g/mol. The molecule has 0 atom stereocenters. The van der Waals surface area contributed by atoms with Gasteiger partial charge < -0.3 is 0 Å². The number of benzene rings is 2. The number of nitrogens with zero attached hydrogens (tertiary/aromatic N) is 1. The van der Waals surface area contributed by atoms with Crippen LogP contribution in [0.3, 0.4) is 0 Å². The molecule has 1 heterocycles. The first-order valence-corrected chi connectivity index (χ1v) is 8.16. The van der Waals surface area contributed by atoms with Crippen molar-refractivity contribution in [2.24, 2.45) is 0 Å². The standard InChI is InChI=1S/C18H14Cl2N2O2/c1-2-11-3-5-12(6-4-11)9-14-17(23)21-22(18(14)24)13-7-8-15(19)16(20)10-13/h3-10H,2H2,1H3,(H,21,23)/b14-9+. The molecule has 0 aliphatic carbocycles. The Morgan fingerprint density at radius 2 is 1.75 bits per heavy atom. The summed E-state index contributed by atoms with van der Waals surface area (Å²) in [5.41, 5.74) is 5.04. The van der Waals surface area contributed by atoms with Crippen LogP contribution in [0, 0.1) is 0 Å². The quantitative estimate of drug-likeness (QED) is 0.663. The Hall–Kier alpha value is -2.30. The van der Waals surface area contributed by atoms with Crippen molar-refractivity contribution in [3.63, 3.8) is 0 Å². The highest BCUT2D eigenvalue weighted by Crippen LogP contribution is 2.29. The number of hydrogen-bond donors (Lipinski definition) is 1. The van der Waals surface area contributed by atoms with Crippen LogP contribution in [0.15, 0.2) is 48.0 Å². The number of nitrogens with one attached hydrogen (secondary N) is 1. The van der Waals surface area contributed by atoms with Crippen LogP contribution in [-0.4, -0.2) is 11.8 Å². The van der Waals surface area contributed by atoms with Gasteiger partial charge in [0, 0.05) is 0 Å². The Labute approximate surface area is 149 Å². The minimum Gasteiger partial charge on any atom is -0.267 e. The van der Waals surface area contributed by atoms with Crippen LogP contribution in [-0.2, 0) is 16.0 Å². The third kappa shape index (κ3) is 3.16. The largest absolute Gasteiger partial charge is 0.282 e. The van der Waals surface area contributed by atoms with E-state index in [0.29, 0.717) is 15.7 Å². The van der Waals surface area contributed by atoms with Crippen LogP contribution in [0.1, 0.15) is 18.1 Å². The summed E-state index contributed by atoms with van der Waals surface area (Å²) < 4.78 is 0. The van der Waals surface area contributed by atoms with E-state index < -0.39 is 11.8 Å². The summed E-state index contributed by atoms with van der Waals surface area (Å²) in [5.74, 6) is -0.886. The Morgan fingerprint density at radius 1 is 1.04 bits per heavy atom. The van der Waals surface area contributed by atoms with Gasteiger partial charge >= 0.3 is 0 Å². The molecule has 2 amide bonds. The van der Waals surface area contributed by atoms with Crippen molar-refractivity contribution in [2.45, 2.75) is 13.3 Å². The number of amides is 2. The summed E-state index contributed by atoms with van der Waals surface area (Å²) in [6.07, 6.45) is 2.51.